The molecule has 0 aliphatic rings. The van der Waals surface area contributed by atoms with E-state index in [2.05, 4.69) is 20.8 Å². The molecule has 140 valence electrons. The predicted molar refractivity (Wildman–Crippen MR) is 97.5 cm³/mol. The van der Waals surface area contributed by atoms with Crippen molar-refractivity contribution in [1.82, 2.24) is 25.5 Å². The van der Waals surface area contributed by atoms with Gasteiger partial charge in [0, 0.05) is 11.6 Å². The summed E-state index contributed by atoms with van der Waals surface area (Å²) < 4.78 is 28.3. The lowest BCUT2D eigenvalue weighted by Crippen LogP contribution is -2.28. The molecule has 0 saturated carbocycles. The molecule has 1 atom stereocenters. The van der Waals surface area contributed by atoms with Crippen LogP contribution in [0, 0.1) is 18.6 Å². The van der Waals surface area contributed by atoms with Gasteiger partial charge in [0.25, 0.3) is 0 Å². The van der Waals surface area contributed by atoms with Crippen LogP contribution in [0.5, 0.6) is 0 Å². The second-order valence-electron chi connectivity index (χ2n) is 5.95. The fourth-order valence-electron chi connectivity index (χ4n) is 2.46. The first-order chi connectivity index (χ1) is 12.9. The highest BCUT2D eigenvalue weighted by atomic mass is 32.2. The fraction of sp³-hybridized carbons (Fsp3) is 0.222. The van der Waals surface area contributed by atoms with E-state index in [0.29, 0.717) is 5.16 Å². The van der Waals surface area contributed by atoms with Crippen LogP contribution in [-0.2, 0) is 4.79 Å². The Hall–Kier alpha value is -2.81. The van der Waals surface area contributed by atoms with Gasteiger partial charge in [0.15, 0.2) is 0 Å². The van der Waals surface area contributed by atoms with Gasteiger partial charge in [0.05, 0.1) is 17.5 Å². The number of halogens is 2. The van der Waals surface area contributed by atoms with Crippen LogP contribution < -0.4 is 5.32 Å². The Kier molecular flexibility index (Phi) is 5.80. The zero-order valence-corrected chi connectivity index (χ0v) is 15.5. The van der Waals surface area contributed by atoms with Gasteiger partial charge in [-0.3, -0.25) is 4.79 Å². The highest BCUT2D eigenvalue weighted by molar-refractivity contribution is 7.99. The number of aryl methyl sites for hydroxylation is 1. The zero-order chi connectivity index (χ0) is 19.4. The highest BCUT2D eigenvalue weighted by Crippen LogP contribution is 2.20. The minimum Gasteiger partial charge on any atom is -0.349 e. The normalized spacial score (nSPS) is 12.0. The molecule has 0 bridgehead atoms. The largest absolute Gasteiger partial charge is 0.349 e. The molecule has 0 fully saturated rings. The third-order valence-corrected chi connectivity index (χ3v) is 4.78. The van der Waals surface area contributed by atoms with E-state index < -0.39 is 17.7 Å². The summed E-state index contributed by atoms with van der Waals surface area (Å²) >= 11 is 1.17. The highest BCUT2D eigenvalue weighted by Gasteiger charge is 2.16. The van der Waals surface area contributed by atoms with E-state index in [9.17, 15) is 13.6 Å². The van der Waals surface area contributed by atoms with Crippen LogP contribution in [0.15, 0.2) is 47.6 Å². The molecule has 0 unspecified atom stereocenters. The summed E-state index contributed by atoms with van der Waals surface area (Å²) in [6, 6.07) is 10.3. The van der Waals surface area contributed by atoms with Crippen LogP contribution in [-0.4, -0.2) is 31.9 Å². The van der Waals surface area contributed by atoms with Crippen molar-refractivity contribution in [3.8, 4) is 5.69 Å². The van der Waals surface area contributed by atoms with Crippen molar-refractivity contribution in [1.29, 1.82) is 0 Å². The van der Waals surface area contributed by atoms with Crippen molar-refractivity contribution in [2.24, 2.45) is 0 Å². The number of amides is 1. The molecular weight excluding hydrogens is 372 g/mol. The van der Waals surface area contributed by atoms with Gasteiger partial charge in [-0.2, -0.15) is 4.68 Å². The molecule has 1 amide bonds. The number of carbonyl (C=O) groups excluding carboxylic acids is 1. The molecule has 1 N–H and O–H groups in total. The van der Waals surface area contributed by atoms with Crippen LogP contribution >= 0.6 is 11.8 Å². The second-order valence-corrected chi connectivity index (χ2v) is 6.90. The quantitative estimate of drug-likeness (QED) is 0.656. The summed E-state index contributed by atoms with van der Waals surface area (Å²) in [6.07, 6.45) is 0. The second kappa shape index (κ2) is 8.26. The number of carbonyl (C=O) groups is 1. The fourth-order valence-corrected chi connectivity index (χ4v) is 3.16. The number of tetrazole rings is 1. The number of nitrogens with one attached hydrogen (secondary N) is 1. The van der Waals surface area contributed by atoms with Gasteiger partial charge >= 0.3 is 0 Å². The Bertz CT molecular complexity index is 945. The maximum Gasteiger partial charge on any atom is 0.230 e. The minimum atomic E-state index is -0.696. The molecule has 0 radical (unpaired) electrons. The SMILES string of the molecule is Cc1ccc(-n2nnnc2SCC(=O)N[C@H](C)c2ccc(F)cc2F)cc1. The number of hydrogen-bond donors (Lipinski definition) is 1. The lowest BCUT2D eigenvalue weighted by molar-refractivity contribution is -0.119. The summed E-state index contributed by atoms with van der Waals surface area (Å²) in [5.41, 5.74) is 2.12. The Morgan fingerprint density at radius 1 is 1.22 bits per heavy atom. The van der Waals surface area contributed by atoms with Crippen LogP contribution in [0.3, 0.4) is 0 Å². The van der Waals surface area contributed by atoms with E-state index in [0.717, 1.165) is 23.4 Å². The lowest BCUT2D eigenvalue weighted by atomic mass is 10.1. The van der Waals surface area contributed by atoms with Gasteiger partial charge in [-0.05, 0) is 42.5 Å². The van der Waals surface area contributed by atoms with Crippen LogP contribution in [0.4, 0.5) is 8.78 Å². The van der Waals surface area contributed by atoms with Gasteiger partial charge in [-0.1, -0.05) is 35.5 Å². The van der Waals surface area contributed by atoms with E-state index in [-0.39, 0.29) is 17.2 Å². The minimum absolute atomic E-state index is 0.0549. The van der Waals surface area contributed by atoms with Gasteiger partial charge in [0.2, 0.25) is 11.1 Å². The van der Waals surface area contributed by atoms with Gasteiger partial charge in [0.1, 0.15) is 11.6 Å². The van der Waals surface area contributed by atoms with Gasteiger partial charge in [-0.15, -0.1) is 5.10 Å². The number of nitrogens with zero attached hydrogens (tertiary/aromatic N) is 4. The molecule has 0 saturated heterocycles. The van der Waals surface area contributed by atoms with Crippen LogP contribution in [0.25, 0.3) is 5.69 Å². The van der Waals surface area contributed by atoms with E-state index in [4.69, 9.17) is 0 Å². The Morgan fingerprint density at radius 3 is 2.67 bits per heavy atom. The molecule has 1 heterocycles. The van der Waals surface area contributed by atoms with E-state index >= 15 is 0 Å². The number of benzene rings is 2. The molecule has 2 aromatic carbocycles. The number of thioether (sulfide) groups is 1. The average molecular weight is 389 g/mol. The predicted octanol–water partition coefficient (Wildman–Crippen LogP) is 3.22. The number of rotatable bonds is 6. The smallest absolute Gasteiger partial charge is 0.230 e. The van der Waals surface area contributed by atoms with Crippen molar-refractivity contribution < 1.29 is 13.6 Å². The first-order valence-electron chi connectivity index (χ1n) is 8.16. The number of hydrogen-bond acceptors (Lipinski definition) is 5. The molecule has 1 aromatic heterocycles. The van der Waals surface area contributed by atoms with Crippen molar-refractivity contribution in [3.63, 3.8) is 0 Å². The lowest BCUT2D eigenvalue weighted by Gasteiger charge is -2.15. The third kappa shape index (κ3) is 4.68. The maximum atomic E-state index is 13.8. The Morgan fingerprint density at radius 2 is 1.96 bits per heavy atom. The molecule has 3 aromatic rings. The molecule has 27 heavy (non-hydrogen) atoms. The topological polar surface area (TPSA) is 72.7 Å². The van der Waals surface area contributed by atoms with Crippen LogP contribution in [0.2, 0.25) is 0 Å². The molecule has 0 aliphatic heterocycles. The standard InChI is InChI=1S/C18H17F2N5OS/c1-11-3-6-14(7-4-11)25-18(22-23-24-25)27-10-17(26)21-12(2)15-8-5-13(19)9-16(15)20/h3-9,12H,10H2,1-2H3,(H,21,26)/t12-/m1/s1. The van der Waals surface area contributed by atoms with Crippen LogP contribution in [0.1, 0.15) is 24.1 Å². The van der Waals surface area contributed by atoms with Gasteiger partial charge < -0.3 is 5.32 Å². The Balaban J connectivity index is 1.61. The third-order valence-electron chi connectivity index (χ3n) is 3.86. The maximum absolute atomic E-state index is 13.8. The Labute approximate surface area is 159 Å². The summed E-state index contributed by atoms with van der Waals surface area (Å²) in [7, 11) is 0. The summed E-state index contributed by atoms with van der Waals surface area (Å²) in [4.78, 5) is 12.2. The first kappa shape index (κ1) is 19.0. The molecule has 0 spiro atoms. The molecule has 0 aliphatic carbocycles. The van der Waals surface area contributed by atoms with E-state index in [1.54, 1.807) is 11.6 Å². The summed E-state index contributed by atoms with van der Waals surface area (Å²) in [6.45, 7) is 3.61. The van der Waals surface area contributed by atoms with Crippen molar-refractivity contribution in [3.05, 3.63) is 65.2 Å². The van der Waals surface area contributed by atoms with Crippen molar-refractivity contribution in [2.45, 2.75) is 25.0 Å². The molecule has 9 heteroatoms. The first-order valence-corrected chi connectivity index (χ1v) is 9.15. The average Bonchev–Trinajstić information content (AvgIpc) is 3.09. The van der Waals surface area contributed by atoms with Crippen molar-refractivity contribution >= 4 is 17.7 Å². The van der Waals surface area contributed by atoms with Crippen molar-refractivity contribution in [2.75, 3.05) is 5.75 Å². The molecule has 3 rings (SSSR count). The summed E-state index contributed by atoms with van der Waals surface area (Å²) in [5, 5.41) is 14.7. The molecule has 6 nitrogen and oxygen atoms in total. The number of aromatic nitrogens is 4. The van der Waals surface area contributed by atoms with E-state index in [1.165, 1.54) is 17.8 Å². The van der Waals surface area contributed by atoms with E-state index in [1.807, 2.05) is 31.2 Å². The van der Waals surface area contributed by atoms with Gasteiger partial charge in [-0.25, -0.2) is 8.78 Å². The molecular formula is C18H17F2N5OS. The monoisotopic (exact) mass is 389 g/mol. The zero-order valence-electron chi connectivity index (χ0n) is 14.7. The summed E-state index contributed by atoms with van der Waals surface area (Å²) in [5.74, 6) is -1.61.